The molecule has 130 heavy (non-hydrogen) atoms. The van der Waals surface area contributed by atoms with Crippen LogP contribution in [0.2, 0.25) is 0 Å². The molecule has 38 nitrogen and oxygen atoms in total. The Morgan fingerprint density at radius 1 is 0.600 bits per heavy atom. The maximum absolute atomic E-state index is 14.0. The first-order valence-corrected chi connectivity index (χ1v) is 39.6. The Morgan fingerprint density at radius 2 is 1.03 bits per heavy atom. The standard InChI is InChI=1S/C19H14F2N2O4.C14H14N2O5.C14H18N2O4.C14H16N2O4.C7H5BrF2.C6H10O3.C6H6O2.C2H6N2O.CH2O3.CH4.ClH.Na.O2Se.H2/c1-9-3-6-13(26-9)16-15-17(23-19(22-16)25-2)14(27-18(15)24)7-10-4-5-11(20)8-12(10)21;1-4-20-13(18)11-9(7-17)15-14(19-3)16-12(11)10-6-5-8(2)21-10;2*1-5-19-13(17)11-9(3)15-14(18-4)16-12(11)10-7-6-8(2)20-10;8-4-5-1-2-6(9)3-7(5)10;1-3-9-6(8)4-5(2)7;1-5-2-3-6(4-7)8-5;1-5-2(3)4;2-1-4-3;;;;1-3-2;/h3-6,8,14H,7H2,1-2H3;5-7H,4H2,1-3H3;6-7,12H,5H2,1-4H3,(H,15,16);6-7H,5H2,1-4H3;1-3H,4H2;3-4H2,1-2H3;2-4H,1H3;1H3,(H3,3,4);1,3H;1H4;1H;;;1H/q;;;;;;;;;;;+1;;/p-1/i;;;;;;;;;;;;;1+1D. The maximum atomic E-state index is 14.0. The van der Waals surface area contributed by atoms with E-state index in [0.717, 1.165) is 35.5 Å². The van der Waals surface area contributed by atoms with Gasteiger partial charge in [0.15, 0.2) is 35.6 Å². The summed E-state index contributed by atoms with van der Waals surface area (Å²) >= 11 is 1.45. The number of aromatic nitrogens is 6. The number of nitrogens with one attached hydrogen (secondary N) is 2. The molecule has 4 N–H and O–H groups in total. The van der Waals surface area contributed by atoms with Crippen LogP contribution in [0.4, 0.5) is 17.6 Å². The molecule has 0 spiro atoms. The van der Waals surface area contributed by atoms with Crippen molar-refractivity contribution in [1.29, 1.82) is 5.41 Å². The number of benzene rings is 2. The van der Waals surface area contributed by atoms with Crippen molar-refractivity contribution >= 4 is 110 Å². The largest absolute Gasteiger partial charge is 1.00 e. The number of hydrogen-bond acceptors (Lipinski definition) is 37. The van der Waals surface area contributed by atoms with Gasteiger partial charge in [0.05, 0.1) is 73.2 Å². The maximum Gasteiger partial charge on any atom is 1.00 e. The molecule has 12 rings (SSSR count). The second-order valence-electron chi connectivity index (χ2n) is 24.6. The van der Waals surface area contributed by atoms with Gasteiger partial charge in [0.1, 0.15) is 127 Å². The van der Waals surface area contributed by atoms with Crippen LogP contribution in [0.1, 0.15) is 180 Å². The minimum Gasteiger partial charge on any atom is 0 e. The van der Waals surface area contributed by atoms with Crippen LogP contribution in [-0.4, -0.2) is 173 Å². The molecule has 8 aromatic heterocycles. The number of cyclic esters (lactones) is 1. The zero-order valence-corrected chi connectivity index (χ0v) is 79.0. The number of hydrogen-bond donors (Lipinski definition) is 3. The van der Waals surface area contributed by atoms with Gasteiger partial charge in [-0.15, -0.1) is 12.4 Å². The van der Waals surface area contributed by atoms with Gasteiger partial charge >= 0.3 is 99.9 Å². The van der Waals surface area contributed by atoms with Crippen LogP contribution in [0.25, 0.3) is 34.4 Å². The van der Waals surface area contributed by atoms with Gasteiger partial charge in [-0.1, -0.05) is 35.5 Å². The number of carbonyl (C=O) groups is 9. The van der Waals surface area contributed by atoms with Crippen molar-refractivity contribution in [3.63, 3.8) is 0 Å². The van der Waals surface area contributed by atoms with Crippen LogP contribution in [0.5, 0.6) is 18.0 Å². The molecule has 10 heterocycles. The summed E-state index contributed by atoms with van der Waals surface area (Å²) in [4.78, 5) is 131. The monoisotopic (exact) mass is 1990 g/mol. The average molecular weight is 1990 g/mol. The van der Waals surface area contributed by atoms with Crippen molar-refractivity contribution in [2.45, 2.75) is 121 Å². The predicted octanol–water partition coefficient (Wildman–Crippen LogP) is 10.9. The Balaban J connectivity index is 0. The van der Waals surface area contributed by atoms with E-state index in [1.807, 2.05) is 19.9 Å². The molecular weight excluding hydrogens is 1890 g/mol. The molecule has 2 aromatic carbocycles. The second kappa shape index (κ2) is 61.6. The second-order valence-corrected chi connectivity index (χ2v) is 25.4. The number of aliphatic imine (C=N–C) groups is 1. The number of ketones is 1. The number of nitrogens with two attached hydrogens (primary N) is 1. The van der Waals surface area contributed by atoms with E-state index < -0.39 is 80.1 Å². The number of methoxy groups -OCH3 is 5. The fraction of sp³-hybridized carbons (Fsp3) is 0.321. The van der Waals surface area contributed by atoms with E-state index in [0.29, 0.717) is 111 Å². The third-order valence-corrected chi connectivity index (χ3v) is 16.2. The van der Waals surface area contributed by atoms with Crippen molar-refractivity contribution in [3.05, 3.63) is 217 Å². The summed E-state index contributed by atoms with van der Waals surface area (Å²) < 4.78 is 155. The van der Waals surface area contributed by atoms with E-state index in [9.17, 15) is 55.9 Å². The number of halogens is 6. The van der Waals surface area contributed by atoms with Crippen molar-refractivity contribution < 1.29 is 181 Å². The van der Waals surface area contributed by atoms with E-state index in [1.165, 1.54) is 60.7 Å². The van der Waals surface area contributed by atoms with Gasteiger partial charge in [-0.3, -0.25) is 29.4 Å². The number of ether oxygens (including phenoxy) is 10. The first-order chi connectivity index (χ1) is 61.5. The molecule has 0 radical (unpaired) electrons. The number of fused-ring (bicyclic) bond motifs is 1. The summed E-state index contributed by atoms with van der Waals surface area (Å²) in [5.41, 5.74) is 8.26. The van der Waals surface area contributed by atoms with Crippen LogP contribution in [0.15, 0.2) is 135 Å². The van der Waals surface area contributed by atoms with E-state index in [-0.39, 0.29) is 151 Å². The number of amidine groups is 2. The summed E-state index contributed by atoms with van der Waals surface area (Å²) in [6.45, 7) is 21.6. The van der Waals surface area contributed by atoms with Crippen molar-refractivity contribution in [2.24, 2.45) is 10.7 Å². The molecule has 700 valence electrons. The summed E-state index contributed by atoms with van der Waals surface area (Å²) in [6, 6.07) is 23.8. The Bertz CT molecular complexity index is 5500. The van der Waals surface area contributed by atoms with Crippen molar-refractivity contribution in [1.82, 2.24) is 35.2 Å². The molecule has 0 aliphatic carbocycles. The Morgan fingerprint density at radius 3 is 1.42 bits per heavy atom. The number of nitrogens with zero attached hydrogens (tertiary/aromatic N) is 7. The molecule has 2 unspecified atom stereocenters. The van der Waals surface area contributed by atoms with Gasteiger partial charge in [0.2, 0.25) is 0 Å². The van der Waals surface area contributed by atoms with E-state index >= 15 is 0 Å². The molecule has 0 saturated carbocycles. The molecule has 2 aliphatic heterocycles. The quantitative estimate of drug-likeness (QED) is 0.00485. The molecule has 46 heteroatoms. The Kier molecular flexibility index (Phi) is 54.6. The first-order valence-electron chi connectivity index (χ1n) is 38.0. The van der Waals surface area contributed by atoms with Gasteiger partial charge in [-0.25, -0.2) is 41.7 Å². The number of alkyl halides is 1. The SMILES string of the molecule is C.CCOC(=O)C1=C(C)NC(OC)=NC1c1ccc(C)o1.CCOC(=O)CC(C)=O.CCOC(=O)c1c(C)nc(OC)nc1-c1ccc(C)o1.CCOC(=O)c1c(C=O)nc(OC)nc1-c1ccc(C)o1.COC(=N)N.COc1nc(-c2ccc(C)o2)c2c(n1)C(Cc1ccc(F)cc1F)OC2=O.Cc1ccc(C=O)o1.Cl.Fc1ccc(CBr)c(F)c1.O=CO[O-].O=[Se]=O.[2H][2H].[Na+]. The molecule has 0 bridgehead atoms. The molecule has 0 amide bonds. The van der Waals surface area contributed by atoms with Gasteiger partial charge in [-0.2, -0.15) is 29.9 Å². The first kappa shape index (κ1) is 115. The molecular formula is C84H97BrClF4N10NaO28Se. The van der Waals surface area contributed by atoms with Crippen LogP contribution in [0.3, 0.4) is 0 Å². The average Bonchev–Trinajstić information content (AvgIpc) is 1.61. The number of aldehydes is 2. The summed E-state index contributed by atoms with van der Waals surface area (Å²) in [7, 11) is 7.09. The number of allylic oxidation sites excluding steroid dienone is 1. The fourth-order valence-corrected chi connectivity index (χ4v) is 10.6. The number of carbonyl (C=O) groups excluding carboxylic acids is 9. The van der Waals surface area contributed by atoms with Gasteiger partial charge < -0.3 is 90.6 Å². The number of aryl methyl sites for hydroxylation is 6. The number of esters is 5. The normalized spacial score (nSPS) is 11.8. The summed E-state index contributed by atoms with van der Waals surface area (Å²) in [5, 5.41) is 18.1. The van der Waals surface area contributed by atoms with Gasteiger partial charge in [0, 0.05) is 32.6 Å². The number of furan rings is 5. The summed E-state index contributed by atoms with van der Waals surface area (Å²) in [5.74, 6) is 0.456. The molecule has 0 saturated heterocycles. The topological polar surface area (TPSA) is 530 Å². The van der Waals surface area contributed by atoms with Crippen LogP contribution in [-0.2, 0) is 76.6 Å². The predicted molar refractivity (Wildman–Crippen MR) is 455 cm³/mol. The van der Waals surface area contributed by atoms with E-state index in [4.69, 9.17) is 86.1 Å². The van der Waals surface area contributed by atoms with Crippen molar-refractivity contribution in [3.8, 4) is 52.4 Å². The fourth-order valence-electron chi connectivity index (χ4n) is 10.2. The van der Waals surface area contributed by atoms with Crippen LogP contribution in [0, 0.1) is 70.2 Å². The summed E-state index contributed by atoms with van der Waals surface area (Å²) in [6.07, 6.45) is 0.192. The van der Waals surface area contributed by atoms with Crippen LogP contribution >= 0.6 is 28.3 Å². The third-order valence-electron chi connectivity index (χ3n) is 15.6. The zero-order chi connectivity index (χ0) is 97.2. The van der Waals surface area contributed by atoms with E-state index in [2.05, 4.69) is 76.2 Å². The molecule has 2 atom stereocenters. The molecule has 0 fully saturated rings. The number of rotatable bonds is 22. The Labute approximate surface area is 788 Å². The van der Waals surface area contributed by atoms with Gasteiger partial charge in [0.25, 0.3) is 18.5 Å². The van der Waals surface area contributed by atoms with Gasteiger partial charge in [-0.05, 0) is 167 Å². The van der Waals surface area contributed by atoms with Crippen LogP contribution < -0.4 is 60.1 Å². The minimum absolute atomic E-state index is 0. The minimum atomic E-state index is -1.62. The van der Waals surface area contributed by atoms with Crippen molar-refractivity contribution in [2.75, 3.05) is 62.0 Å². The Hall–Kier alpha value is -12.8. The number of Topliss-reactive ketones (excluding diaryl/α,β-unsaturated/α-hetero) is 1. The third kappa shape index (κ3) is 37.8. The molecule has 2 aliphatic rings. The molecule has 10 aromatic rings. The van der Waals surface area contributed by atoms with E-state index in [1.54, 1.807) is 117 Å². The smallest absolute Gasteiger partial charge is 0 e. The zero-order valence-electron chi connectivity index (χ0n) is 74.9.